The van der Waals surface area contributed by atoms with Gasteiger partial charge in [0, 0.05) is 16.2 Å². The number of hydrogen-bond donors (Lipinski definition) is 0. The van der Waals surface area contributed by atoms with Crippen LogP contribution in [0.1, 0.15) is 18.1 Å². The lowest BCUT2D eigenvalue weighted by Gasteiger charge is -2.05. The molecule has 25 heavy (non-hydrogen) atoms. The van der Waals surface area contributed by atoms with E-state index in [1.165, 1.54) is 6.26 Å². The van der Waals surface area contributed by atoms with E-state index >= 15 is 0 Å². The highest BCUT2D eigenvalue weighted by Gasteiger charge is 2.10. The van der Waals surface area contributed by atoms with Crippen LogP contribution in [0.15, 0.2) is 62.9 Å². The van der Waals surface area contributed by atoms with Crippen molar-refractivity contribution in [1.29, 1.82) is 0 Å². The first kappa shape index (κ1) is 19.1. The third-order valence-electron chi connectivity index (χ3n) is 3.39. The van der Waals surface area contributed by atoms with Gasteiger partial charge in [0.15, 0.2) is 6.61 Å². The molecule has 2 aromatic rings. The molecule has 0 fully saturated rings. The quantitative estimate of drug-likeness (QED) is 0.581. The van der Waals surface area contributed by atoms with Crippen LogP contribution >= 0.6 is 11.6 Å². The van der Waals surface area contributed by atoms with Crippen molar-refractivity contribution in [2.24, 2.45) is 9.52 Å². The fourth-order valence-corrected chi connectivity index (χ4v) is 3.31. The average molecular weight is 379 g/mol. The Morgan fingerprint density at radius 3 is 2.32 bits per heavy atom. The standard InChI is InChI=1S/C18H19ClN2O3S/c1-13-4-10-17(11-5-13)25(3,23)21-18(22)12-24-20-14(2)15-6-8-16(19)9-7-15/h4-11H,12H2,1-3H3/b20-14-. The Labute approximate surface area is 152 Å². The Hall–Kier alpha value is -2.18. The van der Waals surface area contributed by atoms with Gasteiger partial charge in [0.05, 0.1) is 15.4 Å². The van der Waals surface area contributed by atoms with E-state index in [0.717, 1.165) is 11.1 Å². The van der Waals surface area contributed by atoms with Crippen molar-refractivity contribution in [2.45, 2.75) is 18.7 Å². The van der Waals surface area contributed by atoms with Gasteiger partial charge in [-0.25, -0.2) is 4.21 Å². The molecule has 1 atom stereocenters. The second-order valence-corrected chi connectivity index (χ2v) is 8.25. The zero-order valence-corrected chi connectivity index (χ0v) is 15.8. The van der Waals surface area contributed by atoms with Gasteiger partial charge >= 0.3 is 0 Å². The SMILES string of the molecule is C/C(=N/OCC(=O)N=S(C)(=O)c1ccc(C)cc1)c1ccc(Cl)cc1. The van der Waals surface area contributed by atoms with Crippen LogP contribution < -0.4 is 0 Å². The van der Waals surface area contributed by atoms with Gasteiger partial charge in [0.25, 0.3) is 5.91 Å². The number of hydrogen-bond acceptors (Lipinski definition) is 4. The van der Waals surface area contributed by atoms with Gasteiger partial charge in [0.2, 0.25) is 0 Å². The molecule has 0 aromatic heterocycles. The molecule has 7 heteroatoms. The highest BCUT2D eigenvalue weighted by Crippen LogP contribution is 2.13. The maximum absolute atomic E-state index is 12.6. The highest BCUT2D eigenvalue weighted by atomic mass is 35.5. The molecule has 0 aliphatic heterocycles. The van der Waals surface area contributed by atoms with Crippen LogP contribution in [-0.4, -0.2) is 28.7 Å². The monoisotopic (exact) mass is 378 g/mol. The molecule has 0 spiro atoms. The van der Waals surface area contributed by atoms with Crippen LogP contribution in [0.2, 0.25) is 5.02 Å². The number of carbonyl (C=O) groups excluding carboxylic acids is 1. The number of benzene rings is 2. The molecule has 0 saturated heterocycles. The maximum Gasteiger partial charge on any atom is 0.294 e. The highest BCUT2D eigenvalue weighted by molar-refractivity contribution is 7.93. The lowest BCUT2D eigenvalue weighted by Crippen LogP contribution is -2.09. The number of carbonyl (C=O) groups is 1. The Morgan fingerprint density at radius 1 is 1.12 bits per heavy atom. The van der Waals surface area contributed by atoms with E-state index in [1.807, 2.05) is 19.1 Å². The summed E-state index contributed by atoms with van der Waals surface area (Å²) in [6.45, 7) is 3.31. The van der Waals surface area contributed by atoms with Crippen LogP contribution in [0.4, 0.5) is 0 Å². The number of aryl methyl sites for hydroxylation is 1. The number of rotatable bonds is 5. The third-order valence-corrected chi connectivity index (χ3v) is 5.34. The molecular formula is C18H19ClN2O3S. The zero-order chi connectivity index (χ0) is 18.4. The van der Waals surface area contributed by atoms with Crippen LogP contribution in [0.3, 0.4) is 0 Å². The van der Waals surface area contributed by atoms with E-state index in [1.54, 1.807) is 43.3 Å². The Balaban J connectivity index is 2.02. The van der Waals surface area contributed by atoms with Crippen LogP contribution in [0.25, 0.3) is 0 Å². The average Bonchev–Trinajstić information content (AvgIpc) is 2.55. The molecular weight excluding hydrogens is 360 g/mol. The van der Waals surface area contributed by atoms with E-state index in [9.17, 15) is 9.00 Å². The van der Waals surface area contributed by atoms with Crippen LogP contribution in [0, 0.1) is 6.92 Å². The van der Waals surface area contributed by atoms with Gasteiger partial charge in [-0.1, -0.05) is 46.6 Å². The summed E-state index contributed by atoms with van der Waals surface area (Å²) in [7, 11) is -2.80. The van der Waals surface area contributed by atoms with Crippen molar-refractivity contribution in [3.63, 3.8) is 0 Å². The zero-order valence-electron chi connectivity index (χ0n) is 14.2. The molecule has 0 aliphatic rings. The second kappa shape index (κ2) is 8.27. The van der Waals surface area contributed by atoms with E-state index in [4.69, 9.17) is 16.4 Å². The molecule has 0 radical (unpaired) electrons. The molecule has 0 saturated carbocycles. The minimum absolute atomic E-state index is 0.373. The predicted octanol–water partition coefficient (Wildman–Crippen LogP) is 4.07. The first-order valence-corrected chi connectivity index (χ1v) is 9.82. The molecule has 2 aromatic carbocycles. The minimum Gasteiger partial charge on any atom is -0.385 e. The fraction of sp³-hybridized carbons (Fsp3) is 0.222. The summed E-state index contributed by atoms with van der Waals surface area (Å²) in [5, 5.41) is 4.50. The molecule has 0 bridgehead atoms. The molecule has 132 valence electrons. The Kier molecular flexibility index (Phi) is 6.33. The molecule has 5 nitrogen and oxygen atoms in total. The van der Waals surface area contributed by atoms with E-state index in [-0.39, 0.29) is 6.61 Å². The van der Waals surface area contributed by atoms with Crippen LogP contribution in [-0.2, 0) is 19.4 Å². The molecule has 1 unspecified atom stereocenters. The third kappa shape index (κ3) is 5.69. The van der Waals surface area contributed by atoms with Crippen LogP contribution in [0.5, 0.6) is 0 Å². The van der Waals surface area contributed by atoms with Crippen molar-refractivity contribution in [3.8, 4) is 0 Å². The molecule has 1 amide bonds. The largest absolute Gasteiger partial charge is 0.385 e. The number of halogens is 1. The lowest BCUT2D eigenvalue weighted by atomic mass is 10.1. The molecule has 0 heterocycles. The minimum atomic E-state index is -2.80. The number of amides is 1. The second-order valence-electron chi connectivity index (χ2n) is 5.56. The fourth-order valence-electron chi connectivity index (χ4n) is 1.99. The van der Waals surface area contributed by atoms with E-state index < -0.39 is 15.6 Å². The summed E-state index contributed by atoms with van der Waals surface area (Å²) in [6.07, 6.45) is 1.43. The topological polar surface area (TPSA) is 68.1 Å². The predicted molar refractivity (Wildman–Crippen MR) is 101 cm³/mol. The summed E-state index contributed by atoms with van der Waals surface area (Å²) in [5.41, 5.74) is 2.47. The normalized spacial score (nSPS) is 13.8. The Bertz CT molecular complexity index is 897. The molecule has 0 N–H and O–H groups in total. The summed E-state index contributed by atoms with van der Waals surface area (Å²) >= 11 is 5.83. The summed E-state index contributed by atoms with van der Waals surface area (Å²) < 4.78 is 16.3. The van der Waals surface area contributed by atoms with Gasteiger partial charge in [0.1, 0.15) is 0 Å². The van der Waals surface area contributed by atoms with Gasteiger partial charge < -0.3 is 4.84 Å². The molecule has 2 rings (SSSR count). The maximum atomic E-state index is 12.6. The molecule has 0 aliphatic carbocycles. The smallest absolute Gasteiger partial charge is 0.294 e. The van der Waals surface area contributed by atoms with Crippen molar-refractivity contribution in [1.82, 2.24) is 0 Å². The van der Waals surface area contributed by atoms with Gasteiger partial charge in [-0.2, -0.15) is 4.36 Å². The lowest BCUT2D eigenvalue weighted by molar-refractivity contribution is -0.122. The van der Waals surface area contributed by atoms with Crippen molar-refractivity contribution in [3.05, 3.63) is 64.7 Å². The van der Waals surface area contributed by atoms with Crippen molar-refractivity contribution >= 4 is 32.9 Å². The van der Waals surface area contributed by atoms with Gasteiger partial charge in [-0.05, 0) is 43.7 Å². The summed E-state index contributed by atoms with van der Waals surface area (Å²) in [6, 6.07) is 14.1. The first-order valence-electron chi connectivity index (χ1n) is 7.52. The van der Waals surface area contributed by atoms with Crippen molar-refractivity contribution in [2.75, 3.05) is 12.9 Å². The number of nitrogens with zero attached hydrogens (tertiary/aromatic N) is 2. The van der Waals surface area contributed by atoms with Gasteiger partial charge in [-0.15, -0.1) is 0 Å². The van der Waals surface area contributed by atoms with E-state index in [2.05, 4.69) is 9.52 Å². The van der Waals surface area contributed by atoms with Gasteiger partial charge in [-0.3, -0.25) is 4.79 Å². The summed E-state index contributed by atoms with van der Waals surface area (Å²) in [5.74, 6) is -0.624. The van der Waals surface area contributed by atoms with E-state index in [0.29, 0.717) is 15.6 Å². The number of oxime groups is 1. The Morgan fingerprint density at radius 2 is 1.72 bits per heavy atom. The first-order chi connectivity index (χ1) is 11.8. The van der Waals surface area contributed by atoms with Crippen molar-refractivity contribution < 1.29 is 13.8 Å². The summed E-state index contributed by atoms with van der Waals surface area (Å²) in [4.78, 5) is 17.4.